The summed E-state index contributed by atoms with van der Waals surface area (Å²) >= 11 is 0. The van der Waals surface area contributed by atoms with Crippen LogP contribution in [-0.4, -0.2) is 28.5 Å². The largest absolute Gasteiger partial charge is 0.373 e. The number of aryl methyl sites for hydroxylation is 1. The summed E-state index contributed by atoms with van der Waals surface area (Å²) in [6, 6.07) is 2.34. The molecular weight excluding hydrogens is 226 g/mol. The van der Waals surface area contributed by atoms with E-state index < -0.39 is 0 Å². The Morgan fingerprint density at radius 3 is 2.94 bits per heavy atom. The Kier molecular flexibility index (Phi) is 4.40. The van der Waals surface area contributed by atoms with Crippen molar-refractivity contribution in [2.24, 2.45) is 0 Å². The maximum absolute atomic E-state index is 6.10. The average Bonchev–Trinajstić information content (AvgIpc) is 2.84. The molecule has 102 valence electrons. The normalized spacial score (nSPS) is 26.2. The molecule has 1 saturated heterocycles. The molecular formula is C14H25N3O. The Morgan fingerprint density at radius 1 is 1.50 bits per heavy atom. The van der Waals surface area contributed by atoms with Crippen molar-refractivity contribution in [1.29, 1.82) is 0 Å². The summed E-state index contributed by atoms with van der Waals surface area (Å²) in [4.78, 5) is 0. The van der Waals surface area contributed by atoms with Gasteiger partial charge < -0.3 is 10.1 Å². The number of hydrogen-bond donors (Lipinski definition) is 1. The highest BCUT2D eigenvalue weighted by molar-refractivity contribution is 5.13. The van der Waals surface area contributed by atoms with Crippen molar-refractivity contribution >= 4 is 0 Å². The Hall–Kier alpha value is -0.870. The van der Waals surface area contributed by atoms with Crippen LogP contribution in [0.25, 0.3) is 0 Å². The standard InChI is InChI=1S/C14H25N3O/c1-4-15-13(12-8-10-16-17(12)5-2)14(3)9-6-7-11-18-14/h8,10,13,15H,4-7,9,11H2,1-3H3. The van der Waals surface area contributed by atoms with Gasteiger partial charge >= 0.3 is 0 Å². The van der Waals surface area contributed by atoms with Gasteiger partial charge in [-0.3, -0.25) is 4.68 Å². The molecule has 0 aliphatic carbocycles. The van der Waals surface area contributed by atoms with Crippen LogP contribution >= 0.6 is 0 Å². The Bertz CT molecular complexity index is 369. The number of nitrogens with zero attached hydrogens (tertiary/aromatic N) is 2. The lowest BCUT2D eigenvalue weighted by molar-refractivity contribution is -0.0911. The summed E-state index contributed by atoms with van der Waals surface area (Å²) in [5.41, 5.74) is 1.13. The average molecular weight is 251 g/mol. The predicted octanol–water partition coefficient (Wildman–Crippen LogP) is 2.51. The Balaban J connectivity index is 2.27. The molecule has 0 aromatic carbocycles. The predicted molar refractivity (Wildman–Crippen MR) is 72.5 cm³/mol. The molecule has 0 radical (unpaired) electrons. The topological polar surface area (TPSA) is 39.1 Å². The number of aromatic nitrogens is 2. The van der Waals surface area contributed by atoms with Gasteiger partial charge in [-0.05, 0) is 45.7 Å². The molecule has 2 atom stereocenters. The Labute approximate surface area is 110 Å². The molecule has 2 unspecified atom stereocenters. The molecule has 0 spiro atoms. The number of likely N-dealkylation sites (N-methyl/N-ethyl adjacent to an activating group) is 1. The fourth-order valence-electron chi connectivity index (χ4n) is 2.87. The number of rotatable bonds is 5. The van der Waals surface area contributed by atoms with Gasteiger partial charge in [-0.2, -0.15) is 5.10 Å². The minimum Gasteiger partial charge on any atom is -0.373 e. The first-order valence-corrected chi connectivity index (χ1v) is 7.10. The summed E-state index contributed by atoms with van der Waals surface area (Å²) < 4.78 is 8.17. The van der Waals surface area contributed by atoms with E-state index in [4.69, 9.17) is 4.74 Å². The first-order valence-electron chi connectivity index (χ1n) is 7.10. The zero-order chi connectivity index (χ0) is 13.0. The van der Waals surface area contributed by atoms with Crippen LogP contribution in [0.5, 0.6) is 0 Å². The molecule has 1 aromatic rings. The Morgan fingerprint density at radius 2 is 2.33 bits per heavy atom. The zero-order valence-electron chi connectivity index (χ0n) is 11.8. The summed E-state index contributed by atoms with van der Waals surface area (Å²) in [6.45, 7) is 9.22. The van der Waals surface area contributed by atoms with Gasteiger partial charge in [-0.15, -0.1) is 0 Å². The maximum Gasteiger partial charge on any atom is 0.0863 e. The monoisotopic (exact) mass is 251 g/mol. The SMILES string of the molecule is CCNC(c1ccnn1CC)C1(C)CCCCO1. The summed E-state index contributed by atoms with van der Waals surface area (Å²) in [5, 5.41) is 7.97. The second kappa shape index (κ2) is 5.85. The van der Waals surface area contributed by atoms with Gasteiger partial charge in [0.05, 0.1) is 17.3 Å². The van der Waals surface area contributed by atoms with E-state index in [1.54, 1.807) is 0 Å². The highest BCUT2D eigenvalue weighted by Gasteiger charge is 2.38. The van der Waals surface area contributed by atoms with Crippen molar-refractivity contribution in [3.05, 3.63) is 18.0 Å². The fraction of sp³-hybridized carbons (Fsp3) is 0.786. The van der Waals surface area contributed by atoms with Crippen molar-refractivity contribution in [2.45, 2.75) is 58.2 Å². The van der Waals surface area contributed by atoms with Crippen molar-refractivity contribution in [1.82, 2.24) is 15.1 Å². The quantitative estimate of drug-likeness (QED) is 0.874. The van der Waals surface area contributed by atoms with Crippen molar-refractivity contribution in [2.75, 3.05) is 13.2 Å². The number of ether oxygens (including phenoxy) is 1. The van der Waals surface area contributed by atoms with Gasteiger partial charge in [-0.1, -0.05) is 6.92 Å². The summed E-state index contributed by atoms with van der Waals surface area (Å²) in [6.07, 6.45) is 5.43. The molecule has 0 amide bonds. The van der Waals surface area contributed by atoms with E-state index in [0.717, 1.165) is 26.1 Å². The van der Waals surface area contributed by atoms with Crippen LogP contribution in [0, 0.1) is 0 Å². The first-order chi connectivity index (χ1) is 8.71. The van der Waals surface area contributed by atoms with Gasteiger partial charge in [0, 0.05) is 19.3 Å². The second-order valence-electron chi connectivity index (χ2n) is 5.18. The van der Waals surface area contributed by atoms with Crippen LogP contribution in [0.15, 0.2) is 12.3 Å². The second-order valence-corrected chi connectivity index (χ2v) is 5.18. The van der Waals surface area contributed by atoms with Crippen LogP contribution < -0.4 is 5.32 Å². The minimum atomic E-state index is -0.110. The molecule has 0 saturated carbocycles. The molecule has 1 aromatic heterocycles. The van der Waals surface area contributed by atoms with Gasteiger partial charge in [0.2, 0.25) is 0 Å². The third kappa shape index (κ3) is 2.59. The van der Waals surface area contributed by atoms with E-state index in [1.807, 2.05) is 6.20 Å². The van der Waals surface area contributed by atoms with Crippen LogP contribution in [0.2, 0.25) is 0 Å². The lowest BCUT2D eigenvalue weighted by Crippen LogP contribution is -2.46. The minimum absolute atomic E-state index is 0.110. The van der Waals surface area contributed by atoms with Crippen molar-refractivity contribution in [3.63, 3.8) is 0 Å². The molecule has 2 heterocycles. The third-order valence-electron chi connectivity index (χ3n) is 3.86. The zero-order valence-corrected chi connectivity index (χ0v) is 11.8. The summed E-state index contributed by atoms with van der Waals surface area (Å²) in [5.74, 6) is 0. The van der Waals surface area contributed by atoms with E-state index in [9.17, 15) is 0 Å². The first kappa shape index (κ1) is 13.6. The van der Waals surface area contributed by atoms with E-state index in [-0.39, 0.29) is 11.6 Å². The molecule has 1 aliphatic rings. The van der Waals surface area contributed by atoms with Crippen LogP contribution in [0.4, 0.5) is 0 Å². The van der Waals surface area contributed by atoms with Crippen LogP contribution in [0.1, 0.15) is 51.8 Å². The highest BCUT2D eigenvalue weighted by atomic mass is 16.5. The molecule has 2 rings (SSSR count). The molecule has 18 heavy (non-hydrogen) atoms. The lowest BCUT2D eigenvalue weighted by Gasteiger charge is -2.41. The highest BCUT2D eigenvalue weighted by Crippen LogP contribution is 2.36. The van der Waals surface area contributed by atoms with E-state index in [2.05, 4.69) is 41.9 Å². The molecule has 1 N–H and O–H groups in total. The van der Waals surface area contributed by atoms with Crippen molar-refractivity contribution in [3.8, 4) is 0 Å². The fourth-order valence-corrected chi connectivity index (χ4v) is 2.87. The van der Waals surface area contributed by atoms with E-state index in [0.29, 0.717) is 0 Å². The van der Waals surface area contributed by atoms with Gasteiger partial charge in [0.1, 0.15) is 0 Å². The molecule has 1 fully saturated rings. The molecule has 4 nitrogen and oxygen atoms in total. The molecule has 0 bridgehead atoms. The smallest absolute Gasteiger partial charge is 0.0863 e. The van der Waals surface area contributed by atoms with E-state index >= 15 is 0 Å². The number of hydrogen-bond acceptors (Lipinski definition) is 3. The maximum atomic E-state index is 6.10. The number of nitrogens with one attached hydrogen (secondary N) is 1. The van der Waals surface area contributed by atoms with Crippen LogP contribution in [-0.2, 0) is 11.3 Å². The van der Waals surface area contributed by atoms with Crippen LogP contribution in [0.3, 0.4) is 0 Å². The molecule has 4 heteroatoms. The summed E-state index contributed by atoms with van der Waals surface area (Å²) in [7, 11) is 0. The van der Waals surface area contributed by atoms with Crippen molar-refractivity contribution < 1.29 is 4.74 Å². The molecule has 1 aliphatic heterocycles. The van der Waals surface area contributed by atoms with Gasteiger partial charge in [0.25, 0.3) is 0 Å². The van der Waals surface area contributed by atoms with Gasteiger partial charge in [0.15, 0.2) is 0 Å². The third-order valence-corrected chi connectivity index (χ3v) is 3.86. The lowest BCUT2D eigenvalue weighted by atomic mass is 9.86. The van der Waals surface area contributed by atoms with E-state index in [1.165, 1.54) is 18.5 Å². The van der Waals surface area contributed by atoms with Gasteiger partial charge in [-0.25, -0.2) is 0 Å².